The van der Waals surface area contributed by atoms with Crippen LogP contribution in [0.15, 0.2) is 43.0 Å². The highest BCUT2D eigenvalue weighted by atomic mass is 19.1. The number of benzene rings is 1. The van der Waals surface area contributed by atoms with Gasteiger partial charge in [-0.05, 0) is 17.7 Å². The van der Waals surface area contributed by atoms with Gasteiger partial charge in [-0.2, -0.15) is 0 Å². The maximum absolute atomic E-state index is 12.8. The summed E-state index contributed by atoms with van der Waals surface area (Å²) in [7, 11) is 0. The average molecular weight is 255 g/mol. The Labute approximate surface area is 108 Å². The fourth-order valence-corrected chi connectivity index (χ4v) is 1.71. The molecule has 0 aliphatic heterocycles. The Bertz CT molecular complexity index is 693. The lowest BCUT2D eigenvalue weighted by Gasteiger charge is -2.06. The van der Waals surface area contributed by atoms with E-state index in [-0.39, 0.29) is 5.82 Å². The molecule has 1 N–H and O–H groups in total. The summed E-state index contributed by atoms with van der Waals surface area (Å²) >= 11 is 0. The van der Waals surface area contributed by atoms with Crippen molar-refractivity contribution in [3.8, 4) is 0 Å². The van der Waals surface area contributed by atoms with Gasteiger partial charge < -0.3 is 5.32 Å². The van der Waals surface area contributed by atoms with E-state index in [1.54, 1.807) is 24.5 Å². The number of halogens is 1. The van der Waals surface area contributed by atoms with Crippen molar-refractivity contribution in [3.05, 3.63) is 54.4 Å². The van der Waals surface area contributed by atoms with Crippen LogP contribution in [0.3, 0.4) is 0 Å². The smallest absolute Gasteiger partial charge is 0.183 e. The standard InChI is InChI=1S/C13H10FN5/c14-10-3-1-9(2-4-10)7-17-13-11-12(18-8-19-13)16-6-5-15-11/h1-6,8H,7H2,(H,16,17,18,19). The van der Waals surface area contributed by atoms with Gasteiger partial charge in [-0.3, -0.25) is 0 Å². The van der Waals surface area contributed by atoms with E-state index in [0.29, 0.717) is 23.5 Å². The number of fused-ring (bicyclic) bond motifs is 1. The quantitative estimate of drug-likeness (QED) is 0.777. The van der Waals surface area contributed by atoms with Gasteiger partial charge in [0.05, 0.1) is 0 Å². The molecule has 5 nitrogen and oxygen atoms in total. The fourth-order valence-electron chi connectivity index (χ4n) is 1.71. The van der Waals surface area contributed by atoms with Crippen LogP contribution < -0.4 is 5.32 Å². The Morgan fingerprint density at radius 3 is 2.58 bits per heavy atom. The first-order valence-electron chi connectivity index (χ1n) is 5.73. The number of anilines is 1. The molecule has 6 heteroatoms. The summed E-state index contributed by atoms with van der Waals surface area (Å²) in [5, 5.41) is 3.15. The average Bonchev–Trinajstić information content (AvgIpc) is 2.47. The summed E-state index contributed by atoms with van der Waals surface area (Å²) in [6, 6.07) is 6.29. The molecular formula is C13H10FN5. The van der Waals surface area contributed by atoms with Crippen LogP contribution in [0.5, 0.6) is 0 Å². The first kappa shape index (κ1) is 11.5. The van der Waals surface area contributed by atoms with Crippen molar-refractivity contribution in [1.29, 1.82) is 0 Å². The van der Waals surface area contributed by atoms with Gasteiger partial charge in [-0.1, -0.05) is 12.1 Å². The third kappa shape index (κ3) is 2.47. The molecule has 0 aliphatic rings. The molecule has 0 spiro atoms. The minimum absolute atomic E-state index is 0.248. The molecule has 2 heterocycles. The molecule has 0 unspecified atom stereocenters. The van der Waals surface area contributed by atoms with E-state index in [9.17, 15) is 4.39 Å². The zero-order chi connectivity index (χ0) is 13.1. The summed E-state index contributed by atoms with van der Waals surface area (Å²) in [4.78, 5) is 16.5. The third-order valence-electron chi connectivity index (χ3n) is 2.64. The zero-order valence-electron chi connectivity index (χ0n) is 9.92. The minimum atomic E-state index is -0.248. The van der Waals surface area contributed by atoms with Gasteiger partial charge in [0, 0.05) is 18.9 Å². The normalized spacial score (nSPS) is 10.6. The lowest BCUT2D eigenvalue weighted by Crippen LogP contribution is -2.03. The van der Waals surface area contributed by atoms with Crippen molar-refractivity contribution in [3.63, 3.8) is 0 Å². The van der Waals surface area contributed by atoms with Gasteiger partial charge in [0.25, 0.3) is 0 Å². The van der Waals surface area contributed by atoms with Crippen LogP contribution in [0, 0.1) is 5.82 Å². The third-order valence-corrected chi connectivity index (χ3v) is 2.64. The second-order valence-corrected chi connectivity index (χ2v) is 3.93. The van der Waals surface area contributed by atoms with Gasteiger partial charge >= 0.3 is 0 Å². The maximum Gasteiger partial charge on any atom is 0.183 e. The number of hydrogen-bond donors (Lipinski definition) is 1. The second kappa shape index (κ2) is 4.93. The molecule has 0 saturated carbocycles. The molecule has 3 aromatic rings. The van der Waals surface area contributed by atoms with Crippen LogP contribution in [0.25, 0.3) is 11.2 Å². The van der Waals surface area contributed by atoms with Gasteiger partial charge in [0.15, 0.2) is 11.5 Å². The van der Waals surface area contributed by atoms with Crippen LogP contribution in [0.4, 0.5) is 10.2 Å². The van der Waals surface area contributed by atoms with Gasteiger partial charge in [0.1, 0.15) is 17.7 Å². The van der Waals surface area contributed by atoms with Gasteiger partial charge in [-0.25, -0.2) is 24.3 Å². The summed E-state index contributed by atoms with van der Waals surface area (Å²) in [5.74, 6) is 0.365. The maximum atomic E-state index is 12.8. The molecule has 0 radical (unpaired) electrons. The van der Waals surface area contributed by atoms with Crippen molar-refractivity contribution in [2.24, 2.45) is 0 Å². The summed E-state index contributed by atoms with van der Waals surface area (Å²) in [6.07, 6.45) is 4.61. The summed E-state index contributed by atoms with van der Waals surface area (Å²) in [5.41, 5.74) is 2.11. The van der Waals surface area contributed by atoms with Crippen LogP contribution in [0.2, 0.25) is 0 Å². The molecule has 94 valence electrons. The van der Waals surface area contributed by atoms with E-state index in [0.717, 1.165) is 5.56 Å². The van der Waals surface area contributed by atoms with Crippen LogP contribution in [-0.2, 0) is 6.54 Å². The molecule has 0 amide bonds. The predicted molar refractivity (Wildman–Crippen MR) is 68.9 cm³/mol. The highest BCUT2D eigenvalue weighted by Crippen LogP contribution is 2.14. The molecule has 0 saturated heterocycles. The molecule has 3 rings (SSSR count). The largest absolute Gasteiger partial charge is 0.364 e. The lowest BCUT2D eigenvalue weighted by atomic mass is 10.2. The molecule has 0 bridgehead atoms. The molecule has 0 fully saturated rings. The van der Waals surface area contributed by atoms with E-state index < -0.39 is 0 Å². The number of aromatic nitrogens is 4. The van der Waals surface area contributed by atoms with E-state index in [2.05, 4.69) is 25.3 Å². The molecule has 0 aliphatic carbocycles. The Balaban J connectivity index is 1.84. The fraction of sp³-hybridized carbons (Fsp3) is 0.0769. The molecule has 19 heavy (non-hydrogen) atoms. The summed E-state index contributed by atoms with van der Waals surface area (Å²) in [6.45, 7) is 0.531. The van der Waals surface area contributed by atoms with E-state index >= 15 is 0 Å². The van der Waals surface area contributed by atoms with Crippen molar-refractivity contribution < 1.29 is 4.39 Å². The zero-order valence-corrected chi connectivity index (χ0v) is 9.92. The minimum Gasteiger partial charge on any atom is -0.364 e. The molecular weight excluding hydrogens is 245 g/mol. The molecule has 1 aromatic carbocycles. The Hall–Kier alpha value is -2.63. The van der Waals surface area contributed by atoms with Crippen LogP contribution in [-0.4, -0.2) is 19.9 Å². The van der Waals surface area contributed by atoms with Crippen molar-refractivity contribution in [2.75, 3.05) is 5.32 Å². The number of nitrogens with zero attached hydrogens (tertiary/aromatic N) is 4. The van der Waals surface area contributed by atoms with E-state index in [1.165, 1.54) is 18.5 Å². The highest BCUT2D eigenvalue weighted by molar-refractivity contribution is 5.81. The lowest BCUT2D eigenvalue weighted by molar-refractivity contribution is 0.627. The topological polar surface area (TPSA) is 63.6 Å². The Kier molecular flexibility index (Phi) is 2.97. The van der Waals surface area contributed by atoms with Crippen molar-refractivity contribution in [2.45, 2.75) is 6.54 Å². The highest BCUT2D eigenvalue weighted by Gasteiger charge is 2.04. The van der Waals surface area contributed by atoms with Crippen LogP contribution in [0.1, 0.15) is 5.56 Å². The Morgan fingerprint density at radius 2 is 1.74 bits per heavy atom. The monoisotopic (exact) mass is 255 g/mol. The van der Waals surface area contributed by atoms with Gasteiger partial charge in [0.2, 0.25) is 0 Å². The second-order valence-electron chi connectivity index (χ2n) is 3.93. The molecule has 0 atom stereocenters. The SMILES string of the molecule is Fc1ccc(CNc2ncnc3nccnc23)cc1. The number of nitrogens with one attached hydrogen (secondary N) is 1. The summed E-state index contributed by atoms with van der Waals surface area (Å²) < 4.78 is 12.8. The van der Waals surface area contributed by atoms with Crippen LogP contribution >= 0.6 is 0 Å². The van der Waals surface area contributed by atoms with Gasteiger partial charge in [-0.15, -0.1) is 0 Å². The van der Waals surface area contributed by atoms with Crippen molar-refractivity contribution >= 4 is 17.0 Å². The first-order chi connectivity index (χ1) is 9.33. The predicted octanol–water partition coefficient (Wildman–Crippen LogP) is 2.17. The molecule has 2 aromatic heterocycles. The van der Waals surface area contributed by atoms with E-state index in [1.807, 2.05) is 0 Å². The number of hydrogen-bond acceptors (Lipinski definition) is 5. The van der Waals surface area contributed by atoms with E-state index in [4.69, 9.17) is 0 Å². The number of rotatable bonds is 3. The Morgan fingerprint density at radius 1 is 0.947 bits per heavy atom. The first-order valence-corrected chi connectivity index (χ1v) is 5.73. The van der Waals surface area contributed by atoms with Crippen molar-refractivity contribution in [1.82, 2.24) is 19.9 Å².